The number of carbonyl (C=O) groups excluding carboxylic acids is 1. The normalized spacial score (nSPS) is 10.2. The maximum Gasteiger partial charge on any atom is 0.310 e. The van der Waals surface area contributed by atoms with Gasteiger partial charge in [-0.15, -0.1) is 0 Å². The number of esters is 1. The van der Waals surface area contributed by atoms with Crippen molar-refractivity contribution in [2.45, 2.75) is 23.1 Å². The van der Waals surface area contributed by atoms with Gasteiger partial charge < -0.3 is 4.74 Å². The lowest BCUT2D eigenvalue weighted by Crippen LogP contribution is -2.09. The van der Waals surface area contributed by atoms with Gasteiger partial charge in [-0.25, -0.2) is 0 Å². The van der Waals surface area contributed by atoms with E-state index in [2.05, 4.69) is 0 Å². The zero-order chi connectivity index (χ0) is 15.9. The van der Waals surface area contributed by atoms with Crippen molar-refractivity contribution in [3.05, 3.63) is 64.2 Å². The highest BCUT2D eigenvalue weighted by molar-refractivity contribution is 7.99. The molecule has 0 saturated carbocycles. The van der Waals surface area contributed by atoms with Gasteiger partial charge in [0, 0.05) is 10.5 Å². The molecule has 0 atom stereocenters. The van der Waals surface area contributed by atoms with E-state index < -0.39 is 10.9 Å². The smallest absolute Gasteiger partial charge is 0.310 e. The maximum absolute atomic E-state index is 11.6. The molecule has 6 heteroatoms. The van der Waals surface area contributed by atoms with E-state index >= 15 is 0 Å². The van der Waals surface area contributed by atoms with Crippen LogP contribution in [0.15, 0.2) is 58.3 Å². The highest BCUT2D eigenvalue weighted by Crippen LogP contribution is 2.37. The molecule has 0 aliphatic carbocycles. The van der Waals surface area contributed by atoms with E-state index in [0.29, 0.717) is 10.5 Å². The van der Waals surface area contributed by atoms with Crippen molar-refractivity contribution in [3.63, 3.8) is 0 Å². The van der Waals surface area contributed by atoms with Gasteiger partial charge in [-0.3, -0.25) is 14.9 Å². The highest BCUT2D eigenvalue weighted by atomic mass is 32.2. The average Bonchev–Trinajstić information content (AvgIpc) is 2.48. The van der Waals surface area contributed by atoms with Gasteiger partial charge >= 0.3 is 5.97 Å². The first kappa shape index (κ1) is 16.0. The van der Waals surface area contributed by atoms with Crippen LogP contribution in [0.4, 0.5) is 5.69 Å². The zero-order valence-corrected chi connectivity index (χ0v) is 12.8. The summed E-state index contributed by atoms with van der Waals surface area (Å²) >= 11 is 1.30. The third kappa shape index (κ3) is 4.08. The van der Waals surface area contributed by atoms with Crippen LogP contribution in [0.1, 0.15) is 12.5 Å². The molecule has 0 saturated heterocycles. The molecule has 2 rings (SSSR count). The Hall–Kier alpha value is -2.34. The second kappa shape index (κ2) is 7.61. The van der Waals surface area contributed by atoms with E-state index in [0.717, 1.165) is 4.90 Å². The number of benzene rings is 2. The summed E-state index contributed by atoms with van der Waals surface area (Å²) in [4.78, 5) is 24.0. The number of para-hydroxylation sites is 1. The summed E-state index contributed by atoms with van der Waals surface area (Å²) in [7, 11) is 0. The minimum atomic E-state index is -0.465. The van der Waals surface area contributed by atoms with Gasteiger partial charge in [-0.2, -0.15) is 0 Å². The molecule has 22 heavy (non-hydrogen) atoms. The fourth-order valence-corrected chi connectivity index (χ4v) is 2.98. The van der Waals surface area contributed by atoms with E-state index in [1.165, 1.54) is 11.8 Å². The molecule has 0 aliphatic rings. The Morgan fingerprint density at radius 3 is 2.55 bits per heavy atom. The predicted octanol–water partition coefficient (Wildman–Crippen LogP) is 3.85. The number of nitro benzene ring substituents is 1. The molecule has 0 N–H and O–H groups in total. The molecule has 0 amide bonds. The van der Waals surface area contributed by atoms with Crippen molar-refractivity contribution >= 4 is 23.4 Å². The first-order valence-electron chi connectivity index (χ1n) is 6.76. The number of carbonyl (C=O) groups is 1. The summed E-state index contributed by atoms with van der Waals surface area (Å²) < 4.78 is 4.87. The van der Waals surface area contributed by atoms with Crippen LogP contribution < -0.4 is 0 Å². The lowest BCUT2D eigenvalue weighted by Gasteiger charge is -2.07. The Balaban J connectivity index is 2.34. The summed E-state index contributed by atoms with van der Waals surface area (Å²) in [6.07, 6.45) is -0.104. The minimum Gasteiger partial charge on any atom is -0.466 e. The van der Waals surface area contributed by atoms with Crippen LogP contribution in [0.2, 0.25) is 0 Å². The fraction of sp³-hybridized carbons (Fsp3) is 0.188. The number of nitro groups is 1. The average molecular weight is 317 g/mol. The lowest BCUT2D eigenvalue weighted by atomic mass is 10.1. The molecule has 0 spiro atoms. The van der Waals surface area contributed by atoms with Crippen LogP contribution >= 0.6 is 11.8 Å². The first-order valence-corrected chi connectivity index (χ1v) is 7.58. The number of hydrogen-bond acceptors (Lipinski definition) is 5. The summed E-state index contributed by atoms with van der Waals surface area (Å²) in [5, 5.41) is 11.4. The Morgan fingerprint density at radius 2 is 1.91 bits per heavy atom. The van der Waals surface area contributed by atoms with Gasteiger partial charge in [0.1, 0.15) is 0 Å². The third-order valence-electron chi connectivity index (χ3n) is 2.88. The van der Waals surface area contributed by atoms with Crippen LogP contribution in [-0.4, -0.2) is 17.5 Å². The number of rotatable bonds is 6. The molecule has 0 unspecified atom stereocenters. The molecule has 2 aromatic rings. The standard InChI is InChI=1S/C16H15NO4S/c1-2-21-15(18)11-12-7-6-10-14(16(12)17(19)20)22-13-8-4-3-5-9-13/h3-10H,2,11H2,1H3. The van der Waals surface area contributed by atoms with Gasteiger partial charge in [-0.05, 0) is 25.1 Å². The van der Waals surface area contributed by atoms with Crippen molar-refractivity contribution in [1.29, 1.82) is 0 Å². The van der Waals surface area contributed by atoms with Crippen LogP contribution in [0.25, 0.3) is 0 Å². The summed E-state index contributed by atoms with van der Waals surface area (Å²) in [6, 6.07) is 14.4. The Bertz CT molecular complexity index is 673. The minimum absolute atomic E-state index is 0.0376. The Kier molecular flexibility index (Phi) is 5.55. The van der Waals surface area contributed by atoms with E-state index in [1.807, 2.05) is 30.3 Å². The molecule has 0 aliphatic heterocycles. The lowest BCUT2D eigenvalue weighted by molar-refractivity contribution is -0.388. The van der Waals surface area contributed by atoms with Crippen molar-refractivity contribution in [1.82, 2.24) is 0 Å². The van der Waals surface area contributed by atoms with Crippen LogP contribution in [0, 0.1) is 10.1 Å². The molecule has 0 bridgehead atoms. The maximum atomic E-state index is 11.6. The van der Waals surface area contributed by atoms with Crippen LogP contribution in [0.3, 0.4) is 0 Å². The molecule has 0 fully saturated rings. The first-order chi connectivity index (χ1) is 10.6. The molecule has 0 radical (unpaired) electrons. The van der Waals surface area contributed by atoms with Gasteiger partial charge in [0.2, 0.25) is 0 Å². The molecular formula is C16H15NO4S. The molecule has 2 aromatic carbocycles. The summed E-state index contributed by atoms with van der Waals surface area (Å²) in [5.41, 5.74) is 0.328. The molecule has 5 nitrogen and oxygen atoms in total. The highest BCUT2D eigenvalue weighted by Gasteiger charge is 2.22. The Morgan fingerprint density at radius 1 is 1.18 bits per heavy atom. The topological polar surface area (TPSA) is 69.4 Å². The zero-order valence-electron chi connectivity index (χ0n) is 12.0. The molecule has 114 valence electrons. The number of ether oxygens (including phenoxy) is 1. The third-order valence-corrected chi connectivity index (χ3v) is 3.93. The van der Waals surface area contributed by atoms with Gasteiger partial charge in [0.05, 0.1) is 22.8 Å². The largest absolute Gasteiger partial charge is 0.466 e. The summed E-state index contributed by atoms with van der Waals surface area (Å²) in [6.45, 7) is 1.96. The quantitative estimate of drug-likeness (QED) is 0.460. The second-order valence-electron chi connectivity index (χ2n) is 4.42. The van der Waals surface area contributed by atoms with Crippen molar-refractivity contribution in [3.8, 4) is 0 Å². The molecule has 0 aromatic heterocycles. The van der Waals surface area contributed by atoms with Crippen molar-refractivity contribution in [2.24, 2.45) is 0 Å². The van der Waals surface area contributed by atoms with E-state index in [4.69, 9.17) is 4.74 Å². The predicted molar refractivity (Wildman–Crippen MR) is 84.0 cm³/mol. The number of nitrogens with zero attached hydrogens (tertiary/aromatic N) is 1. The monoisotopic (exact) mass is 317 g/mol. The van der Waals surface area contributed by atoms with E-state index in [1.54, 1.807) is 25.1 Å². The van der Waals surface area contributed by atoms with Gasteiger partial charge in [0.15, 0.2) is 0 Å². The summed E-state index contributed by atoms with van der Waals surface area (Å²) in [5.74, 6) is -0.465. The van der Waals surface area contributed by atoms with Crippen molar-refractivity contribution < 1.29 is 14.5 Å². The SMILES string of the molecule is CCOC(=O)Cc1cccc(Sc2ccccc2)c1[N+](=O)[O-]. The van der Waals surface area contributed by atoms with Crippen molar-refractivity contribution in [2.75, 3.05) is 6.61 Å². The van der Waals surface area contributed by atoms with Gasteiger partial charge in [0.25, 0.3) is 5.69 Å². The number of hydrogen-bond donors (Lipinski definition) is 0. The van der Waals surface area contributed by atoms with Gasteiger partial charge in [-0.1, -0.05) is 42.1 Å². The van der Waals surface area contributed by atoms with Crippen LogP contribution in [-0.2, 0) is 16.0 Å². The van der Waals surface area contributed by atoms with E-state index in [-0.39, 0.29) is 18.7 Å². The molecular weight excluding hydrogens is 302 g/mol. The fourth-order valence-electron chi connectivity index (χ4n) is 1.98. The van der Waals surface area contributed by atoms with Crippen LogP contribution in [0.5, 0.6) is 0 Å². The Labute approximate surface area is 132 Å². The van der Waals surface area contributed by atoms with E-state index in [9.17, 15) is 14.9 Å². The second-order valence-corrected chi connectivity index (χ2v) is 5.53. The molecule has 0 heterocycles.